The third-order valence-corrected chi connectivity index (χ3v) is 5.87. The molecule has 1 aliphatic rings. The van der Waals surface area contributed by atoms with Crippen molar-refractivity contribution in [2.45, 2.75) is 25.7 Å². The summed E-state index contributed by atoms with van der Waals surface area (Å²) in [7, 11) is 0. The molecule has 7 heteroatoms. The van der Waals surface area contributed by atoms with Gasteiger partial charge < -0.3 is 5.32 Å². The zero-order valence-corrected chi connectivity index (χ0v) is 15.2. The first-order chi connectivity index (χ1) is 10.7. The Balaban J connectivity index is 0.00000156. The Morgan fingerprint density at radius 1 is 1.04 bits per heavy atom. The second-order valence-electron chi connectivity index (χ2n) is 5.37. The molecule has 0 aliphatic heterocycles. The van der Waals surface area contributed by atoms with Crippen molar-refractivity contribution in [1.82, 2.24) is 9.97 Å². The van der Waals surface area contributed by atoms with E-state index in [2.05, 4.69) is 15.3 Å². The Morgan fingerprint density at radius 2 is 1.87 bits per heavy atom. The molecule has 120 valence electrons. The molecule has 0 spiro atoms. The molecule has 3 nitrogen and oxygen atoms in total. The monoisotopic (exact) mass is 385 g/mol. The van der Waals surface area contributed by atoms with Crippen molar-refractivity contribution in [3.05, 3.63) is 45.0 Å². The topological polar surface area (TPSA) is 37.8 Å². The molecule has 0 bridgehead atoms. The van der Waals surface area contributed by atoms with Gasteiger partial charge in [0.05, 0.1) is 15.4 Å². The van der Waals surface area contributed by atoms with Crippen LogP contribution in [0.5, 0.6) is 0 Å². The van der Waals surface area contributed by atoms with E-state index in [1.165, 1.54) is 23.3 Å². The van der Waals surface area contributed by atoms with Crippen LogP contribution in [0.25, 0.3) is 10.2 Å². The van der Waals surface area contributed by atoms with E-state index in [-0.39, 0.29) is 12.4 Å². The summed E-state index contributed by atoms with van der Waals surface area (Å²) in [4.78, 5) is 11.4. The van der Waals surface area contributed by atoms with Crippen molar-refractivity contribution in [3.8, 4) is 0 Å². The highest BCUT2D eigenvalue weighted by molar-refractivity contribution is 7.19. The molecule has 0 radical (unpaired) electrons. The Bertz CT molecular complexity index is 863. The summed E-state index contributed by atoms with van der Waals surface area (Å²) in [6, 6.07) is 5.51. The molecule has 1 aromatic carbocycles. The summed E-state index contributed by atoms with van der Waals surface area (Å²) in [5.41, 5.74) is 2.29. The number of fused-ring (bicyclic) bond motifs is 3. The summed E-state index contributed by atoms with van der Waals surface area (Å²) in [5, 5.41) is 5.60. The first-order valence-electron chi connectivity index (χ1n) is 7.19. The highest BCUT2D eigenvalue weighted by atomic mass is 35.5. The molecule has 2 heterocycles. The Kier molecular flexibility index (Phi) is 4.97. The Morgan fingerprint density at radius 3 is 2.70 bits per heavy atom. The van der Waals surface area contributed by atoms with Gasteiger partial charge in [0.15, 0.2) is 0 Å². The molecular weight excluding hydrogens is 373 g/mol. The van der Waals surface area contributed by atoms with E-state index in [1.807, 2.05) is 12.1 Å². The molecular formula is C16H14Cl3N3S. The normalized spacial score (nSPS) is 13.5. The zero-order chi connectivity index (χ0) is 15.1. The number of aromatic nitrogens is 2. The molecule has 0 unspecified atom stereocenters. The highest BCUT2D eigenvalue weighted by Crippen LogP contribution is 2.39. The van der Waals surface area contributed by atoms with Crippen LogP contribution >= 0.6 is 46.9 Å². The number of anilines is 2. The van der Waals surface area contributed by atoms with Crippen molar-refractivity contribution in [1.29, 1.82) is 0 Å². The molecule has 4 rings (SSSR count). The second-order valence-corrected chi connectivity index (χ2v) is 7.27. The standard InChI is InChI=1S/C16H13Cl2N3S.ClH/c17-11-6-5-9(7-12(11)18)21-15-14-10-3-1-2-4-13(10)22-16(14)20-8-19-15;/h5-8H,1-4H2,(H,19,20,21);1H. The molecule has 1 aliphatic carbocycles. The van der Waals surface area contributed by atoms with Gasteiger partial charge in [0.2, 0.25) is 0 Å². The third kappa shape index (κ3) is 3.13. The summed E-state index contributed by atoms with van der Waals surface area (Å²) in [5.74, 6) is 0.850. The van der Waals surface area contributed by atoms with Gasteiger partial charge in [-0.3, -0.25) is 0 Å². The largest absolute Gasteiger partial charge is 0.340 e. The lowest BCUT2D eigenvalue weighted by atomic mass is 9.97. The average Bonchev–Trinajstić information content (AvgIpc) is 2.90. The van der Waals surface area contributed by atoms with Crippen molar-refractivity contribution in [2.75, 3.05) is 5.32 Å². The molecule has 0 fully saturated rings. The van der Waals surface area contributed by atoms with Gasteiger partial charge in [-0.25, -0.2) is 9.97 Å². The summed E-state index contributed by atoms with van der Waals surface area (Å²) < 4.78 is 0. The molecule has 0 saturated heterocycles. The van der Waals surface area contributed by atoms with E-state index in [1.54, 1.807) is 23.7 Å². The molecule has 0 amide bonds. The predicted molar refractivity (Wildman–Crippen MR) is 101 cm³/mol. The average molecular weight is 387 g/mol. The second kappa shape index (κ2) is 6.81. The van der Waals surface area contributed by atoms with Crippen molar-refractivity contribution in [2.24, 2.45) is 0 Å². The number of benzene rings is 1. The minimum atomic E-state index is 0. The van der Waals surface area contributed by atoms with Crippen LogP contribution in [0.15, 0.2) is 24.5 Å². The number of rotatable bonds is 2. The van der Waals surface area contributed by atoms with E-state index in [4.69, 9.17) is 23.2 Å². The molecule has 23 heavy (non-hydrogen) atoms. The van der Waals surface area contributed by atoms with Gasteiger partial charge in [0, 0.05) is 10.6 Å². The fourth-order valence-corrected chi connectivity index (χ4v) is 4.42. The number of hydrogen-bond acceptors (Lipinski definition) is 4. The van der Waals surface area contributed by atoms with Crippen LogP contribution in [0.3, 0.4) is 0 Å². The SMILES string of the molecule is Cl.Clc1ccc(Nc2ncnc3sc4c(c23)CCCC4)cc1Cl. The lowest BCUT2D eigenvalue weighted by molar-refractivity contribution is 0.700. The van der Waals surface area contributed by atoms with Gasteiger partial charge in [-0.05, 0) is 49.4 Å². The maximum absolute atomic E-state index is 6.09. The highest BCUT2D eigenvalue weighted by Gasteiger charge is 2.19. The van der Waals surface area contributed by atoms with Crippen LogP contribution < -0.4 is 5.32 Å². The lowest BCUT2D eigenvalue weighted by Gasteiger charge is -2.12. The first-order valence-corrected chi connectivity index (χ1v) is 8.77. The Labute approximate surface area is 154 Å². The molecule has 0 atom stereocenters. The van der Waals surface area contributed by atoms with E-state index in [9.17, 15) is 0 Å². The van der Waals surface area contributed by atoms with Gasteiger partial charge in [0.25, 0.3) is 0 Å². The summed E-state index contributed by atoms with van der Waals surface area (Å²) in [6.07, 6.45) is 6.38. The molecule has 2 aromatic heterocycles. The van der Waals surface area contributed by atoms with Crippen LogP contribution in [0.4, 0.5) is 11.5 Å². The number of thiophene rings is 1. The molecule has 1 N–H and O–H groups in total. The molecule has 0 saturated carbocycles. The van der Waals surface area contributed by atoms with Crippen LogP contribution in [-0.4, -0.2) is 9.97 Å². The maximum Gasteiger partial charge on any atom is 0.142 e. The number of hydrogen-bond donors (Lipinski definition) is 1. The van der Waals surface area contributed by atoms with Gasteiger partial charge in [-0.1, -0.05) is 23.2 Å². The lowest BCUT2D eigenvalue weighted by Crippen LogP contribution is -2.01. The minimum absolute atomic E-state index is 0. The zero-order valence-electron chi connectivity index (χ0n) is 12.1. The van der Waals surface area contributed by atoms with Crippen LogP contribution in [-0.2, 0) is 12.8 Å². The maximum atomic E-state index is 6.09. The van der Waals surface area contributed by atoms with Crippen molar-refractivity contribution < 1.29 is 0 Å². The van der Waals surface area contributed by atoms with Crippen LogP contribution in [0.1, 0.15) is 23.3 Å². The quantitative estimate of drug-likeness (QED) is 0.583. The van der Waals surface area contributed by atoms with E-state index < -0.39 is 0 Å². The van der Waals surface area contributed by atoms with Gasteiger partial charge >= 0.3 is 0 Å². The smallest absolute Gasteiger partial charge is 0.142 e. The van der Waals surface area contributed by atoms with Gasteiger partial charge in [-0.15, -0.1) is 23.7 Å². The fraction of sp³-hybridized carbons (Fsp3) is 0.250. The number of aryl methyl sites for hydroxylation is 2. The van der Waals surface area contributed by atoms with Crippen LogP contribution in [0, 0.1) is 0 Å². The summed E-state index contributed by atoms with van der Waals surface area (Å²) >= 11 is 13.9. The predicted octanol–water partition coefficient (Wildman–Crippen LogP) is 6.04. The van der Waals surface area contributed by atoms with Gasteiger partial charge in [-0.2, -0.15) is 0 Å². The number of nitrogens with one attached hydrogen (secondary N) is 1. The number of halogens is 3. The molecule has 3 aromatic rings. The summed E-state index contributed by atoms with van der Waals surface area (Å²) in [6.45, 7) is 0. The van der Waals surface area contributed by atoms with E-state index >= 15 is 0 Å². The van der Waals surface area contributed by atoms with Crippen LogP contribution in [0.2, 0.25) is 10.0 Å². The van der Waals surface area contributed by atoms with E-state index in [0.717, 1.165) is 34.6 Å². The minimum Gasteiger partial charge on any atom is -0.340 e. The van der Waals surface area contributed by atoms with Crippen molar-refractivity contribution in [3.63, 3.8) is 0 Å². The Hall–Kier alpha value is -1.07. The fourth-order valence-electron chi connectivity index (χ4n) is 2.90. The van der Waals surface area contributed by atoms with Gasteiger partial charge in [0.1, 0.15) is 17.0 Å². The van der Waals surface area contributed by atoms with E-state index in [0.29, 0.717) is 10.0 Å². The number of nitrogens with zero attached hydrogens (tertiary/aromatic N) is 2. The third-order valence-electron chi connectivity index (χ3n) is 3.93. The first kappa shape index (κ1) is 16.8. The van der Waals surface area contributed by atoms with Crippen molar-refractivity contribution >= 4 is 68.7 Å².